The molecule has 5 heteroatoms. The van der Waals surface area contributed by atoms with Gasteiger partial charge in [0.15, 0.2) is 0 Å². The minimum Gasteiger partial charge on any atom is -0.373 e. The maximum absolute atomic E-state index is 12.0. The number of carbonyl (C=O) groups excluding carboxylic acids is 1. The Labute approximate surface area is 120 Å². The number of nitrogens with one attached hydrogen (secondary N) is 1. The topological polar surface area (TPSA) is 38.3 Å². The molecule has 1 aromatic carbocycles. The minimum absolute atomic E-state index is 0.130. The molecule has 1 aliphatic heterocycles. The van der Waals surface area contributed by atoms with Crippen molar-refractivity contribution in [3.8, 4) is 0 Å². The molecule has 98 valence electrons. The molecule has 0 bridgehead atoms. The van der Waals surface area contributed by atoms with Gasteiger partial charge in [0.05, 0.1) is 5.60 Å². The van der Waals surface area contributed by atoms with Gasteiger partial charge < -0.3 is 10.1 Å². The summed E-state index contributed by atoms with van der Waals surface area (Å²) in [5, 5.41) is 3.43. The van der Waals surface area contributed by atoms with Gasteiger partial charge in [-0.15, -0.1) is 0 Å². The molecule has 0 radical (unpaired) electrons. The van der Waals surface area contributed by atoms with Crippen LogP contribution in [0.15, 0.2) is 22.7 Å². The van der Waals surface area contributed by atoms with Crippen LogP contribution >= 0.6 is 27.5 Å². The quantitative estimate of drug-likeness (QED) is 0.921. The molecule has 1 atom stereocenters. The van der Waals surface area contributed by atoms with Gasteiger partial charge in [-0.05, 0) is 38.0 Å². The van der Waals surface area contributed by atoms with Crippen LogP contribution in [0.5, 0.6) is 0 Å². The second-order valence-electron chi connectivity index (χ2n) is 4.74. The van der Waals surface area contributed by atoms with Crippen molar-refractivity contribution in [2.75, 3.05) is 13.2 Å². The molecule has 1 fully saturated rings. The highest BCUT2D eigenvalue weighted by molar-refractivity contribution is 9.10. The lowest BCUT2D eigenvalue weighted by Crippen LogP contribution is -2.40. The summed E-state index contributed by atoms with van der Waals surface area (Å²) in [6.07, 6.45) is 2.03. The Hall–Kier alpha value is -0.580. The number of halogens is 2. The zero-order valence-electron chi connectivity index (χ0n) is 10.1. The molecular formula is C13H15BrClNO2. The lowest BCUT2D eigenvalue weighted by atomic mass is 10.0. The number of ether oxygens (including phenoxy) is 1. The van der Waals surface area contributed by atoms with E-state index >= 15 is 0 Å². The average molecular weight is 333 g/mol. The predicted molar refractivity (Wildman–Crippen MR) is 75.1 cm³/mol. The molecule has 2 rings (SSSR count). The fraction of sp³-hybridized carbons (Fsp3) is 0.462. The molecule has 1 aliphatic rings. The summed E-state index contributed by atoms with van der Waals surface area (Å²) in [5.74, 6) is -0.130. The Bertz CT molecular complexity index is 438. The SMILES string of the molecule is CC1(CNC(=O)c2cc(Cl)cc(Br)c2)CCCO1. The predicted octanol–water partition coefficient (Wildman–Crippen LogP) is 3.40. The van der Waals surface area contributed by atoms with E-state index in [1.807, 2.05) is 6.92 Å². The van der Waals surface area contributed by atoms with Crippen LogP contribution in [0.25, 0.3) is 0 Å². The van der Waals surface area contributed by atoms with Gasteiger partial charge in [0.1, 0.15) is 0 Å². The molecule has 0 saturated carbocycles. The molecule has 0 aliphatic carbocycles. The number of amides is 1. The number of carbonyl (C=O) groups is 1. The first-order chi connectivity index (χ1) is 8.48. The zero-order valence-corrected chi connectivity index (χ0v) is 12.5. The third-order valence-corrected chi connectivity index (χ3v) is 3.72. The maximum atomic E-state index is 12.0. The first-order valence-electron chi connectivity index (χ1n) is 5.87. The van der Waals surface area contributed by atoms with Gasteiger partial charge in [-0.25, -0.2) is 0 Å². The molecule has 18 heavy (non-hydrogen) atoms. The average Bonchev–Trinajstić information content (AvgIpc) is 2.72. The van der Waals surface area contributed by atoms with Gasteiger partial charge in [-0.2, -0.15) is 0 Å². The van der Waals surface area contributed by atoms with Crippen LogP contribution in [0.1, 0.15) is 30.1 Å². The smallest absolute Gasteiger partial charge is 0.251 e. The Kier molecular flexibility index (Phi) is 4.30. The summed E-state index contributed by atoms with van der Waals surface area (Å²) in [5.41, 5.74) is 0.321. The summed E-state index contributed by atoms with van der Waals surface area (Å²) >= 11 is 9.23. The Morgan fingerprint density at radius 3 is 2.94 bits per heavy atom. The van der Waals surface area contributed by atoms with Crippen LogP contribution in [-0.2, 0) is 4.74 Å². The van der Waals surface area contributed by atoms with Crippen molar-refractivity contribution < 1.29 is 9.53 Å². The molecule has 1 unspecified atom stereocenters. The first kappa shape index (κ1) is 13.8. The molecule has 1 N–H and O–H groups in total. The van der Waals surface area contributed by atoms with Crippen LogP contribution < -0.4 is 5.32 Å². The molecule has 1 amide bonds. The summed E-state index contributed by atoms with van der Waals surface area (Å²) in [6, 6.07) is 5.15. The third-order valence-electron chi connectivity index (χ3n) is 3.05. The fourth-order valence-electron chi connectivity index (χ4n) is 2.03. The van der Waals surface area contributed by atoms with Gasteiger partial charge in [-0.3, -0.25) is 4.79 Å². The molecule has 1 saturated heterocycles. The number of rotatable bonds is 3. The largest absolute Gasteiger partial charge is 0.373 e. The molecule has 0 aromatic heterocycles. The van der Waals surface area contributed by atoms with E-state index in [4.69, 9.17) is 16.3 Å². The Morgan fingerprint density at radius 2 is 2.33 bits per heavy atom. The Morgan fingerprint density at radius 1 is 1.56 bits per heavy atom. The van der Waals surface area contributed by atoms with Crippen LogP contribution in [-0.4, -0.2) is 24.7 Å². The van der Waals surface area contributed by atoms with Crippen molar-refractivity contribution in [1.82, 2.24) is 5.32 Å². The van der Waals surface area contributed by atoms with Gasteiger partial charge in [-0.1, -0.05) is 27.5 Å². The first-order valence-corrected chi connectivity index (χ1v) is 7.04. The third kappa shape index (κ3) is 3.46. The lowest BCUT2D eigenvalue weighted by Gasteiger charge is -2.23. The Balaban J connectivity index is 1.99. The summed E-state index contributed by atoms with van der Waals surface area (Å²) in [4.78, 5) is 12.0. The summed E-state index contributed by atoms with van der Waals surface area (Å²) in [7, 11) is 0. The molecular weight excluding hydrogens is 318 g/mol. The van der Waals surface area contributed by atoms with E-state index in [-0.39, 0.29) is 11.5 Å². The van der Waals surface area contributed by atoms with Crippen molar-refractivity contribution in [3.63, 3.8) is 0 Å². The van der Waals surface area contributed by atoms with E-state index in [1.165, 1.54) is 0 Å². The standard InChI is InChI=1S/C13H15BrClNO2/c1-13(3-2-4-18-13)8-16-12(17)9-5-10(14)7-11(15)6-9/h5-7H,2-4,8H2,1H3,(H,16,17). The monoisotopic (exact) mass is 331 g/mol. The van der Waals surface area contributed by atoms with Crippen LogP contribution in [0.3, 0.4) is 0 Å². The van der Waals surface area contributed by atoms with Crippen LogP contribution in [0, 0.1) is 0 Å². The van der Waals surface area contributed by atoms with E-state index in [0.717, 1.165) is 23.9 Å². The number of benzene rings is 1. The van der Waals surface area contributed by atoms with E-state index in [2.05, 4.69) is 21.2 Å². The minimum atomic E-state index is -0.231. The fourth-order valence-corrected chi connectivity index (χ4v) is 2.89. The van der Waals surface area contributed by atoms with Crippen LogP contribution in [0.2, 0.25) is 5.02 Å². The van der Waals surface area contributed by atoms with Crippen molar-refractivity contribution in [1.29, 1.82) is 0 Å². The summed E-state index contributed by atoms with van der Waals surface area (Å²) in [6.45, 7) is 3.32. The number of hydrogen-bond acceptors (Lipinski definition) is 2. The van der Waals surface area contributed by atoms with Crippen molar-refractivity contribution >= 4 is 33.4 Å². The number of hydrogen-bond donors (Lipinski definition) is 1. The highest BCUT2D eigenvalue weighted by Gasteiger charge is 2.30. The summed E-state index contributed by atoms with van der Waals surface area (Å²) < 4.78 is 6.42. The molecule has 1 heterocycles. The normalized spacial score (nSPS) is 23.1. The second kappa shape index (κ2) is 5.59. The van der Waals surface area contributed by atoms with E-state index < -0.39 is 0 Å². The second-order valence-corrected chi connectivity index (χ2v) is 6.09. The highest BCUT2D eigenvalue weighted by Crippen LogP contribution is 2.24. The molecule has 1 aromatic rings. The maximum Gasteiger partial charge on any atom is 0.251 e. The van der Waals surface area contributed by atoms with Gasteiger partial charge in [0.25, 0.3) is 5.91 Å². The highest BCUT2D eigenvalue weighted by atomic mass is 79.9. The van der Waals surface area contributed by atoms with E-state index in [9.17, 15) is 4.79 Å². The van der Waals surface area contributed by atoms with Crippen molar-refractivity contribution in [3.05, 3.63) is 33.3 Å². The van der Waals surface area contributed by atoms with Gasteiger partial charge >= 0.3 is 0 Å². The molecule has 3 nitrogen and oxygen atoms in total. The van der Waals surface area contributed by atoms with Crippen molar-refractivity contribution in [2.24, 2.45) is 0 Å². The van der Waals surface area contributed by atoms with Crippen molar-refractivity contribution in [2.45, 2.75) is 25.4 Å². The lowest BCUT2D eigenvalue weighted by molar-refractivity contribution is 0.0206. The van der Waals surface area contributed by atoms with Gasteiger partial charge in [0.2, 0.25) is 0 Å². The van der Waals surface area contributed by atoms with E-state index in [1.54, 1.807) is 18.2 Å². The zero-order chi connectivity index (χ0) is 13.2. The van der Waals surface area contributed by atoms with Crippen LogP contribution in [0.4, 0.5) is 0 Å². The van der Waals surface area contributed by atoms with E-state index in [0.29, 0.717) is 17.1 Å². The van der Waals surface area contributed by atoms with Gasteiger partial charge in [0, 0.05) is 28.2 Å². The molecule has 0 spiro atoms.